The van der Waals surface area contributed by atoms with Crippen molar-refractivity contribution in [3.05, 3.63) is 23.5 Å². The maximum atomic E-state index is 12.7. The standard InChI is InChI=1S/C16H22N4O2/c1-3-7-22-13-5-4-6-20(10-13)16(21)12-8-14-11(2)18-19-15(14)17-9-12/h8-9,13H,3-7,10H2,1-2H3,(H,17,18,19). The molecule has 1 unspecified atom stereocenters. The van der Waals surface area contributed by atoms with Gasteiger partial charge in [0.25, 0.3) is 5.91 Å². The molecule has 2 aromatic heterocycles. The van der Waals surface area contributed by atoms with E-state index >= 15 is 0 Å². The van der Waals surface area contributed by atoms with Crippen LogP contribution in [-0.2, 0) is 4.74 Å². The number of hydrogen-bond donors (Lipinski definition) is 1. The topological polar surface area (TPSA) is 71.1 Å². The van der Waals surface area contributed by atoms with Gasteiger partial charge in [-0.2, -0.15) is 5.10 Å². The van der Waals surface area contributed by atoms with E-state index in [9.17, 15) is 4.79 Å². The minimum atomic E-state index is 0.0276. The van der Waals surface area contributed by atoms with Crippen molar-refractivity contribution in [2.45, 2.75) is 39.2 Å². The molecule has 22 heavy (non-hydrogen) atoms. The average Bonchev–Trinajstić information content (AvgIpc) is 2.93. The summed E-state index contributed by atoms with van der Waals surface area (Å²) >= 11 is 0. The van der Waals surface area contributed by atoms with Gasteiger partial charge in [-0.1, -0.05) is 6.92 Å². The fraction of sp³-hybridized carbons (Fsp3) is 0.562. The van der Waals surface area contributed by atoms with Gasteiger partial charge < -0.3 is 9.64 Å². The molecule has 0 radical (unpaired) electrons. The van der Waals surface area contributed by atoms with Gasteiger partial charge in [0.1, 0.15) is 0 Å². The highest BCUT2D eigenvalue weighted by Crippen LogP contribution is 2.19. The maximum absolute atomic E-state index is 12.7. The van der Waals surface area contributed by atoms with Crippen LogP contribution in [0.4, 0.5) is 0 Å². The van der Waals surface area contributed by atoms with E-state index in [1.54, 1.807) is 6.20 Å². The van der Waals surface area contributed by atoms with Gasteiger partial charge in [0, 0.05) is 37.0 Å². The highest BCUT2D eigenvalue weighted by molar-refractivity contribution is 5.97. The summed E-state index contributed by atoms with van der Waals surface area (Å²) in [5.74, 6) is 0.0276. The highest BCUT2D eigenvalue weighted by atomic mass is 16.5. The van der Waals surface area contributed by atoms with Crippen LogP contribution in [0.1, 0.15) is 42.2 Å². The SMILES string of the molecule is CCCOC1CCCN(C(=O)c2cnc3n[nH]c(C)c3c2)C1. The lowest BCUT2D eigenvalue weighted by molar-refractivity contribution is 0.00210. The molecule has 2 aromatic rings. The van der Waals surface area contributed by atoms with E-state index in [0.29, 0.717) is 17.8 Å². The second-order valence-electron chi connectivity index (χ2n) is 5.83. The molecule has 1 N–H and O–H groups in total. The maximum Gasteiger partial charge on any atom is 0.255 e. The van der Waals surface area contributed by atoms with E-state index in [1.807, 2.05) is 17.9 Å². The molecule has 1 atom stereocenters. The molecule has 3 rings (SSSR count). The summed E-state index contributed by atoms with van der Waals surface area (Å²) in [7, 11) is 0. The summed E-state index contributed by atoms with van der Waals surface area (Å²) in [4.78, 5) is 18.8. The normalized spacial score (nSPS) is 18.8. The van der Waals surface area contributed by atoms with Crippen molar-refractivity contribution >= 4 is 16.9 Å². The number of carbonyl (C=O) groups excluding carboxylic acids is 1. The zero-order valence-corrected chi connectivity index (χ0v) is 13.1. The van der Waals surface area contributed by atoms with Crippen LogP contribution in [0.2, 0.25) is 0 Å². The van der Waals surface area contributed by atoms with E-state index in [0.717, 1.165) is 43.5 Å². The lowest BCUT2D eigenvalue weighted by Crippen LogP contribution is -2.43. The summed E-state index contributed by atoms with van der Waals surface area (Å²) in [6, 6.07) is 1.88. The van der Waals surface area contributed by atoms with Gasteiger partial charge in [0.15, 0.2) is 5.65 Å². The second kappa shape index (κ2) is 6.44. The predicted molar refractivity (Wildman–Crippen MR) is 83.8 cm³/mol. The van der Waals surface area contributed by atoms with Crippen LogP contribution in [0.25, 0.3) is 11.0 Å². The second-order valence-corrected chi connectivity index (χ2v) is 5.83. The Morgan fingerprint density at radius 3 is 3.23 bits per heavy atom. The Kier molecular flexibility index (Phi) is 4.38. The molecule has 0 bridgehead atoms. The number of rotatable bonds is 4. The predicted octanol–water partition coefficient (Wildman–Crippen LogP) is 2.30. The molecule has 118 valence electrons. The third-order valence-corrected chi connectivity index (χ3v) is 4.07. The summed E-state index contributed by atoms with van der Waals surface area (Å²) in [5.41, 5.74) is 2.20. The molecule has 0 aromatic carbocycles. The average molecular weight is 302 g/mol. The number of pyridine rings is 1. The van der Waals surface area contributed by atoms with E-state index in [1.165, 1.54) is 0 Å². The molecule has 6 heteroatoms. The highest BCUT2D eigenvalue weighted by Gasteiger charge is 2.25. The Bertz CT molecular complexity index is 667. The third kappa shape index (κ3) is 2.97. The van der Waals surface area contributed by atoms with Gasteiger partial charge in [0.05, 0.1) is 11.7 Å². The fourth-order valence-corrected chi connectivity index (χ4v) is 2.86. The number of aromatic nitrogens is 3. The van der Waals surface area contributed by atoms with E-state index < -0.39 is 0 Å². The Labute approximate surface area is 129 Å². The van der Waals surface area contributed by atoms with Crippen LogP contribution >= 0.6 is 0 Å². The van der Waals surface area contributed by atoms with Crippen LogP contribution in [0, 0.1) is 6.92 Å². The first-order valence-electron chi connectivity index (χ1n) is 7.90. The third-order valence-electron chi connectivity index (χ3n) is 4.07. The van der Waals surface area contributed by atoms with Crippen LogP contribution in [0.3, 0.4) is 0 Å². The number of hydrogen-bond acceptors (Lipinski definition) is 4. The van der Waals surface area contributed by atoms with Crippen molar-refractivity contribution in [3.8, 4) is 0 Å². The molecule has 1 aliphatic rings. The van der Waals surface area contributed by atoms with Crippen molar-refractivity contribution in [2.75, 3.05) is 19.7 Å². The fourth-order valence-electron chi connectivity index (χ4n) is 2.86. The molecule has 0 saturated carbocycles. The number of aryl methyl sites for hydroxylation is 1. The number of amides is 1. The van der Waals surface area contributed by atoms with Crippen molar-refractivity contribution in [3.63, 3.8) is 0 Å². The number of piperidine rings is 1. The Balaban J connectivity index is 1.75. The first kappa shape index (κ1) is 15.0. The smallest absolute Gasteiger partial charge is 0.255 e. The first-order valence-corrected chi connectivity index (χ1v) is 7.90. The van der Waals surface area contributed by atoms with Gasteiger partial charge >= 0.3 is 0 Å². The number of carbonyl (C=O) groups is 1. The number of ether oxygens (including phenoxy) is 1. The molecule has 1 saturated heterocycles. The van der Waals surface area contributed by atoms with E-state index in [-0.39, 0.29) is 12.0 Å². The summed E-state index contributed by atoms with van der Waals surface area (Å²) < 4.78 is 5.80. The Hall–Kier alpha value is -1.95. The van der Waals surface area contributed by atoms with Crippen molar-refractivity contribution in [1.82, 2.24) is 20.1 Å². The van der Waals surface area contributed by atoms with Crippen molar-refractivity contribution in [2.24, 2.45) is 0 Å². The van der Waals surface area contributed by atoms with Gasteiger partial charge in [-0.05, 0) is 32.3 Å². The summed E-state index contributed by atoms with van der Waals surface area (Å²) in [6.07, 6.45) is 4.79. The van der Waals surface area contributed by atoms with E-state index in [2.05, 4.69) is 22.1 Å². The Morgan fingerprint density at radius 2 is 2.41 bits per heavy atom. The van der Waals surface area contributed by atoms with Crippen LogP contribution in [-0.4, -0.2) is 51.8 Å². The lowest BCUT2D eigenvalue weighted by atomic mass is 10.1. The molecule has 0 aliphatic carbocycles. The molecular weight excluding hydrogens is 280 g/mol. The van der Waals surface area contributed by atoms with Crippen LogP contribution in [0.15, 0.2) is 12.3 Å². The number of likely N-dealkylation sites (tertiary alicyclic amines) is 1. The number of nitrogens with zero attached hydrogens (tertiary/aromatic N) is 3. The molecule has 6 nitrogen and oxygen atoms in total. The quantitative estimate of drug-likeness (QED) is 0.940. The molecule has 1 aliphatic heterocycles. The molecule has 1 amide bonds. The molecule has 3 heterocycles. The van der Waals surface area contributed by atoms with E-state index in [4.69, 9.17) is 4.74 Å². The van der Waals surface area contributed by atoms with Gasteiger partial charge in [-0.3, -0.25) is 9.89 Å². The van der Waals surface area contributed by atoms with Gasteiger partial charge in [0.2, 0.25) is 0 Å². The number of aromatic amines is 1. The largest absolute Gasteiger partial charge is 0.376 e. The number of H-pyrrole nitrogens is 1. The van der Waals surface area contributed by atoms with Crippen LogP contribution < -0.4 is 0 Å². The lowest BCUT2D eigenvalue weighted by Gasteiger charge is -2.32. The van der Waals surface area contributed by atoms with Gasteiger partial charge in [-0.15, -0.1) is 0 Å². The Morgan fingerprint density at radius 1 is 1.55 bits per heavy atom. The summed E-state index contributed by atoms with van der Waals surface area (Å²) in [6.45, 7) is 6.24. The zero-order valence-electron chi connectivity index (χ0n) is 13.1. The number of fused-ring (bicyclic) bond motifs is 1. The minimum Gasteiger partial charge on any atom is -0.376 e. The molecule has 1 fully saturated rings. The van der Waals surface area contributed by atoms with Crippen LogP contribution in [0.5, 0.6) is 0 Å². The van der Waals surface area contributed by atoms with Gasteiger partial charge in [-0.25, -0.2) is 4.98 Å². The monoisotopic (exact) mass is 302 g/mol. The van der Waals surface area contributed by atoms with Crippen molar-refractivity contribution < 1.29 is 9.53 Å². The summed E-state index contributed by atoms with van der Waals surface area (Å²) in [5, 5.41) is 7.90. The number of nitrogens with one attached hydrogen (secondary N) is 1. The molecular formula is C16H22N4O2. The minimum absolute atomic E-state index is 0.0276. The zero-order chi connectivity index (χ0) is 15.5. The molecule has 0 spiro atoms. The first-order chi connectivity index (χ1) is 10.7. The van der Waals surface area contributed by atoms with Crippen molar-refractivity contribution in [1.29, 1.82) is 0 Å².